The highest BCUT2D eigenvalue weighted by Crippen LogP contribution is 2.26. The molecule has 1 saturated carbocycles. The Bertz CT molecular complexity index is 310. The van der Waals surface area contributed by atoms with Gasteiger partial charge < -0.3 is 4.74 Å². The smallest absolute Gasteiger partial charge is 0.213 e. The first-order chi connectivity index (χ1) is 6.29. The van der Waals surface area contributed by atoms with Gasteiger partial charge in [-0.3, -0.25) is 0 Å². The predicted octanol–water partition coefficient (Wildman–Crippen LogP) is 2.32. The average molecular weight is 181 g/mol. The van der Waals surface area contributed by atoms with E-state index in [1.807, 2.05) is 6.92 Å². The lowest BCUT2D eigenvalue weighted by Crippen LogP contribution is -2.00. The number of hydrogen-bond donors (Lipinski definition) is 0. The van der Waals surface area contributed by atoms with Gasteiger partial charge >= 0.3 is 0 Å². The van der Waals surface area contributed by atoms with Gasteiger partial charge in [0.15, 0.2) is 0 Å². The van der Waals surface area contributed by atoms with Crippen molar-refractivity contribution >= 4 is 0 Å². The first-order valence-corrected chi connectivity index (χ1v) is 4.60. The number of aryl methyl sites for hydroxylation is 1. The molecule has 0 saturated heterocycles. The highest BCUT2D eigenvalue weighted by atomic mass is 19.1. The van der Waals surface area contributed by atoms with Gasteiger partial charge in [0.1, 0.15) is 11.9 Å². The third-order valence-electron chi connectivity index (χ3n) is 2.10. The summed E-state index contributed by atoms with van der Waals surface area (Å²) in [5.74, 6) is 0.311. The van der Waals surface area contributed by atoms with Crippen molar-refractivity contribution in [2.45, 2.75) is 32.3 Å². The lowest BCUT2D eigenvalue weighted by atomic mass is 10.2. The van der Waals surface area contributed by atoms with Crippen LogP contribution in [-0.2, 0) is 6.42 Å². The second kappa shape index (κ2) is 3.32. The lowest BCUT2D eigenvalue weighted by Gasteiger charge is -2.04. The minimum atomic E-state index is -0.245. The van der Waals surface area contributed by atoms with Crippen LogP contribution in [0.15, 0.2) is 12.3 Å². The Hall–Kier alpha value is -1.12. The molecule has 1 aromatic rings. The Morgan fingerprint density at radius 1 is 1.62 bits per heavy atom. The lowest BCUT2D eigenvalue weighted by molar-refractivity contribution is 0.289. The van der Waals surface area contributed by atoms with Gasteiger partial charge in [0.05, 0.1) is 6.20 Å². The van der Waals surface area contributed by atoms with E-state index in [1.165, 1.54) is 6.20 Å². The van der Waals surface area contributed by atoms with Crippen molar-refractivity contribution < 1.29 is 9.13 Å². The van der Waals surface area contributed by atoms with Crippen molar-refractivity contribution in [2.24, 2.45) is 0 Å². The van der Waals surface area contributed by atoms with Crippen LogP contribution in [0.3, 0.4) is 0 Å². The van der Waals surface area contributed by atoms with E-state index in [9.17, 15) is 4.39 Å². The molecule has 1 heterocycles. The van der Waals surface area contributed by atoms with Crippen LogP contribution in [0.4, 0.5) is 4.39 Å². The first-order valence-electron chi connectivity index (χ1n) is 4.60. The molecule has 1 aliphatic carbocycles. The van der Waals surface area contributed by atoms with Crippen LogP contribution in [0, 0.1) is 5.82 Å². The molecular formula is C10H12FNO. The minimum Gasteiger partial charge on any atom is -0.474 e. The normalized spacial score (nSPS) is 15.8. The van der Waals surface area contributed by atoms with Crippen molar-refractivity contribution in [3.63, 3.8) is 0 Å². The maximum Gasteiger partial charge on any atom is 0.213 e. The zero-order valence-electron chi connectivity index (χ0n) is 7.59. The molecule has 0 N–H and O–H groups in total. The highest BCUT2D eigenvalue weighted by Gasteiger charge is 2.24. The fraction of sp³-hybridized carbons (Fsp3) is 0.500. The van der Waals surface area contributed by atoms with E-state index in [1.54, 1.807) is 6.07 Å². The Kier molecular flexibility index (Phi) is 2.17. The third-order valence-corrected chi connectivity index (χ3v) is 2.10. The van der Waals surface area contributed by atoms with Crippen LogP contribution in [-0.4, -0.2) is 11.1 Å². The Morgan fingerprint density at radius 3 is 3.00 bits per heavy atom. The summed E-state index contributed by atoms with van der Waals surface area (Å²) >= 11 is 0. The summed E-state index contributed by atoms with van der Waals surface area (Å²) in [6.45, 7) is 1.92. The van der Waals surface area contributed by atoms with Gasteiger partial charge in [-0.15, -0.1) is 0 Å². The van der Waals surface area contributed by atoms with E-state index in [0.717, 1.165) is 12.8 Å². The van der Waals surface area contributed by atoms with Crippen LogP contribution in [0.1, 0.15) is 25.3 Å². The van der Waals surface area contributed by atoms with Gasteiger partial charge in [-0.1, -0.05) is 6.92 Å². The molecule has 0 atom stereocenters. The Balaban J connectivity index is 2.16. The van der Waals surface area contributed by atoms with Crippen molar-refractivity contribution in [1.29, 1.82) is 0 Å². The summed E-state index contributed by atoms with van der Waals surface area (Å²) in [6, 6.07) is 1.69. The number of pyridine rings is 1. The fourth-order valence-electron chi connectivity index (χ4n) is 1.15. The van der Waals surface area contributed by atoms with E-state index >= 15 is 0 Å². The molecule has 1 fully saturated rings. The molecule has 1 aliphatic rings. The van der Waals surface area contributed by atoms with Gasteiger partial charge in [0.2, 0.25) is 5.88 Å². The molecule has 70 valence electrons. The van der Waals surface area contributed by atoms with Crippen LogP contribution >= 0.6 is 0 Å². The van der Waals surface area contributed by atoms with Crippen LogP contribution in [0.2, 0.25) is 0 Å². The highest BCUT2D eigenvalue weighted by molar-refractivity contribution is 5.22. The van der Waals surface area contributed by atoms with Crippen molar-refractivity contribution in [3.8, 4) is 5.88 Å². The third kappa shape index (κ3) is 1.97. The molecule has 0 amide bonds. The number of nitrogens with zero attached hydrogens (tertiary/aromatic N) is 1. The second-order valence-corrected chi connectivity index (χ2v) is 3.28. The standard InChI is InChI=1S/C10H12FNO/c1-2-7-5-10(12-6-9(7)11)13-8-3-4-8/h5-6,8H,2-4H2,1H3. The van der Waals surface area contributed by atoms with E-state index in [0.29, 0.717) is 24.0 Å². The van der Waals surface area contributed by atoms with E-state index < -0.39 is 0 Å². The molecule has 0 radical (unpaired) electrons. The molecule has 2 nitrogen and oxygen atoms in total. The minimum absolute atomic E-state index is 0.245. The summed E-state index contributed by atoms with van der Waals surface area (Å²) in [6.07, 6.45) is 4.43. The number of ether oxygens (including phenoxy) is 1. The summed E-state index contributed by atoms with van der Waals surface area (Å²) in [4.78, 5) is 3.87. The van der Waals surface area contributed by atoms with Gasteiger partial charge in [-0.2, -0.15) is 0 Å². The number of halogens is 1. The number of aromatic nitrogens is 1. The molecule has 0 unspecified atom stereocenters. The van der Waals surface area contributed by atoms with E-state index in [4.69, 9.17) is 4.74 Å². The zero-order valence-corrected chi connectivity index (χ0v) is 7.59. The molecular weight excluding hydrogens is 169 g/mol. The maximum absolute atomic E-state index is 13.0. The van der Waals surface area contributed by atoms with Crippen molar-refractivity contribution in [1.82, 2.24) is 4.98 Å². The summed E-state index contributed by atoms with van der Waals surface area (Å²) in [7, 11) is 0. The largest absolute Gasteiger partial charge is 0.474 e. The predicted molar refractivity (Wildman–Crippen MR) is 47.2 cm³/mol. The van der Waals surface area contributed by atoms with Crippen LogP contribution < -0.4 is 4.74 Å². The zero-order chi connectivity index (χ0) is 9.26. The maximum atomic E-state index is 13.0. The number of rotatable bonds is 3. The topological polar surface area (TPSA) is 22.1 Å². The van der Waals surface area contributed by atoms with E-state index in [2.05, 4.69) is 4.98 Å². The summed E-state index contributed by atoms with van der Waals surface area (Å²) < 4.78 is 18.4. The molecule has 0 bridgehead atoms. The number of hydrogen-bond acceptors (Lipinski definition) is 2. The molecule has 2 rings (SSSR count). The van der Waals surface area contributed by atoms with Crippen molar-refractivity contribution in [2.75, 3.05) is 0 Å². The molecule has 0 spiro atoms. The Morgan fingerprint density at radius 2 is 2.38 bits per heavy atom. The molecule has 13 heavy (non-hydrogen) atoms. The summed E-state index contributed by atoms with van der Waals surface area (Å²) in [5, 5.41) is 0. The van der Waals surface area contributed by atoms with Crippen molar-refractivity contribution in [3.05, 3.63) is 23.6 Å². The summed E-state index contributed by atoms with van der Waals surface area (Å²) in [5.41, 5.74) is 0.672. The van der Waals surface area contributed by atoms with Gasteiger partial charge in [-0.25, -0.2) is 9.37 Å². The van der Waals surface area contributed by atoms with Gasteiger partial charge in [0.25, 0.3) is 0 Å². The fourth-order valence-corrected chi connectivity index (χ4v) is 1.15. The molecule has 3 heteroatoms. The average Bonchev–Trinajstić information content (AvgIpc) is 2.92. The van der Waals surface area contributed by atoms with E-state index in [-0.39, 0.29) is 5.82 Å². The molecule has 0 aliphatic heterocycles. The molecule has 1 aromatic heterocycles. The monoisotopic (exact) mass is 181 g/mol. The van der Waals surface area contributed by atoms with Crippen LogP contribution in [0.25, 0.3) is 0 Å². The van der Waals surface area contributed by atoms with Crippen LogP contribution in [0.5, 0.6) is 5.88 Å². The molecule has 0 aromatic carbocycles. The van der Waals surface area contributed by atoms with Gasteiger partial charge in [-0.05, 0) is 24.8 Å². The Labute approximate surface area is 76.7 Å². The first kappa shape index (κ1) is 8.48. The second-order valence-electron chi connectivity index (χ2n) is 3.28. The SMILES string of the molecule is CCc1cc(OC2CC2)ncc1F. The quantitative estimate of drug-likeness (QED) is 0.714. The van der Waals surface area contributed by atoms with Gasteiger partial charge in [0, 0.05) is 6.07 Å².